The van der Waals surface area contributed by atoms with Crippen molar-refractivity contribution in [1.82, 2.24) is 0 Å². The predicted octanol–water partition coefficient (Wildman–Crippen LogP) is 4.08. The highest BCUT2D eigenvalue weighted by molar-refractivity contribution is 6.33. The standard InChI is InChI=1S/C20H15ClFNO5/c1-10-3-6-17-13(7-10)16(24)9-18(28-17)20(26)27-11(2)19(25)23-15-5-4-12(22)8-14(15)21/h3-9,11H,1-2H3,(H,23,25)/t11-/m0/s1. The Hall–Kier alpha value is -3.19. The zero-order valence-corrected chi connectivity index (χ0v) is 15.7. The fourth-order valence-electron chi connectivity index (χ4n) is 2.47. The molecule has 2 aromatic carbocycles. The number of carbonyl (C=O) groups is 2. The molecule has 6 nitrogen and oxygen atoms in total. The van der Waals surface area contributed by atoms with Crippen molar-refractivity contribution in [2.24, 2.45) is 0 Å². The highest BCUT2D eigenvalue weighted by Gasteiger charge is 2.22. The first-order chi connectivity index (χ1) is 13.2. The van der Waals surface area contributed by atoms with Gasteiger partial charge < -0.3 is 14.5 Å². The molecule has 0 saturated heterocycles. The van der Waals surface area contributed by atoms with Gasteiger partial charge in [-0.15, -0.1) is 0 Å². The van der Waals surface area contributed by atoms with Crippen LogP contribution < -0.4 is 10.7 Å². The molecule has 0 saturated carbocycles. The Balaban J connectivity index is 1.74. The van der Waals surface area contributed by atoms with E-state index in [0.29, 0.717) is 5.39 Å². The fraction of sp³-hybridized carbons (Fsp3) is 0.150. The van der Waals surface area contributed by atoms with E-state index in [9.17, 15) is 18.8 Å². The van der Waals surface area contributed by atoms with Gasteiger partial charge in [0.15, 0.2) is 11.5 Å². The predicted molar refractivity (Wildman–Crippen MR) is 102 cm³/mol. The van der Waals surface area contributed by atoms with Crippen LogP contribution in [0.1, 0.15) is 23.0 Å². The molecule has 1 heterocycles. The molecule has 1 N–H and O–H groups in total. The number of halogens is 2. The Labute approximate surface area is 163 Å². The summed E-state index contributed by atoms with van der Waals surface area (Å²) in [4.78, 5) is 36.7. The number of hydrogen-bond donors (Lipinski definition) is 1. The number of carbonyl (C=O) groups excluding carboxylic acids is 2. The molecule has 144 valence electrons. The van der Waals surface area contributed by atoms with Crippen LogP contribution in [0.25, 0.3) is 11.0 Å². The number of nitrogens with one attached hydrogen (secondary N) is 1. The molecule has 0 bridgehead atoms. The van der Waals surface area contributed by atoms with Gasteiger partial charge in [-0.2, -0.15) is 0 Å². The molecule has 0 aliphatic heterocycles. The van der Waals surface area contributed by atoms with Crippen molar-refractivity contribution < 1.29 is 23.1 Å². The third-order valence-corrected chi connectivity index (χ3v) is 4.24. The summed E-state index contributed by atoms with van der Waals surface area (Å²) >= 11 is 5.85. The Morgan fingerprint density at radius 1 is 1.18 bits per heavy atom. The number of rotatable bonds is 4. The minimum Gasteiger partial charge on any atom is -0.449 e. The number of anilines is 1. The van der Waals surface area contributed by atoms with E-state index < -0.39 is 29.2 Å². The summed E-state index contributed by atoms with van der Waals surface area (Å²) in [5, 5.41) is 2.78. The van der Waals surface area contributed by atoms with E-state index in [4.69, 9.17) is 20.8 Å². The first-order valence-electron chi connectivity index (χ1n) is 8.26. The molecule has 3 rings (SSSR count). The maximum atomic E-state index is 13.1. The molecule has 0 fully saturated rings. The second kappa shape index (κ2) is 7.82. The lowest BCUT2D eigenvalue weighted by atomic mass is 10.1. The number of esters is 1. The summed E-state index contributed by atoms with van der Waals surface area (Å²) in [7, 11) is 0. The second-order valence-electron chi connectivity index (χ2n) is 6.14. The summed E-state index contributed by atoms with van der Waals surface area (Å²) < 4.78 is 23.5. The van der Waals surface area contributed by atoms with E-state index >= 15 is 0 Å². The molecule has 1 aromatic heterocycles. The number of aryl methyl sites for hydroxylation is 1. The van der Waals surface area contributed by atoms with Gasteiger partial charge in [0.1, 0.15) is 11.4 Å². The van der Waals surface area contributed by atoms with Crippen molar-refractivity contribution in [3.8, 4) is 0 Å². The molecule has 3 aromatic rings. The van der Waals surface area contributed by atoms with Crippen molar-refractivity contribution in [3.63, 3.8) is 0 Å². The third-order valence-electron chi connectivity index (χ3n) is 3.93. The molecule has 28 heavy (non-hydrogen) atoms. The summed E-state index contributed by atoms with van der Waals surface area (Å²) in [6.07, 6.45) is -1.22. The fourth-order valence-corrected chi connectivity index (χ4v) is 2.68. The lowest BCUT2D eigenvalue weighted by molar-refractivity contribution is -0.123. The van der Waals surface area contributed by atoms with Crippen molar-refractivity contribution in [2.45, 2.75) is 20.0 Å². The Kier molecular flexibility index (Phi) is 5.46. The maximum absolute atomic E-state index is 13.1. The van der Waals surface area contributed by atoms with Crippen LogP contribution in [0.2, 0.25) is 5.02 Å². The highest BCUT2D eigenvalue weighted by atomic mass is 35.5. The van der Waals surface area contributed by atoms with E-state index in [1.165, 1.54) is 13.0 Å². The molecule has 0 aliphatic rings. The number of benzene rings is 2. The Bertz CT molecular complexity index is 1140. The van der Waals surface area contributed by atoms with Gasteiger partial charge in [-0.3, -0.25) is 9.59 Å². The number of hydrogen-bond acceptors (Lipinski definition) is 5. The topological polar surface area (TPSA) is 85.6 Å². The number of amides is 1. The molecule has 8 heteroatoms. The quantitative estimate of drug-likeness (QED) is 0.663. The molecular weight excluding hydrogens is 389 g/mol. The summed E-state index contributed by atoms with van der Waals surface area (Å²) in [5.74, 6) is -2.52. The highest BCUT2D eigenvalue weighted by Crippen LogP contribution is 2.23. The van der Waals surface area contributed by atoms with Gasteiger partial charge in [0.05, 0.1) is 16.1 Å². The zero-order valence-electron chi connectivity index (χ0n) is 14.9. The van der Waals surface area contributed by atoms with E-state index in [1.807, 2.05) is 6.92 Å². The monoisotopic (exact) mass is 403 g/mol. The van der Waals surface area contributed by atoms with Crippen LogP contribution >= 0.6 is 11.6 Å². The smallest absolute Gasteiger partial charge is 0.375 e. The van der Waals surface area contributed by atoms with Crippen molar-refractivity contribution in [1.29, 1.82) is 0 Å². The van der Waals surface area contributed by atoms with Gasteiger partial charge in [0.25, 0.3) is 5.91 Å². The van der Waals surface area contributed by atoms with Crippen molar-refractivity contribution in [2.75, 3.05) is 5.32 Å². The second-order valence-corrected chi connectivity index (χ2v) is 6.54. The lowest BCUT2D eigenvalue weighted by Gasteiger charge is -2.14. The zero-order chi connectivity index (χ0) is 20.4. The van der Waals surface area contributed by atoms with Crippen LogP contribution in [0.15, 0.2) is 51.7 Å². The SMILES string of the molecule is Cc1ccc2oc(C(=O)O[C@@H](C)C(=O)Nc3ccc(F)cc3Cl)cc(=O)c2c1. The summed E-state index contributed by atoms with van der Waals surface area (Å²) in [6, 6.07) is 9.44. The van der Waals surface area contributed by atoms with Crippen LogP contribution in [0.5, 0.6) is 0 Å². The lowest BCUT2D eigenvalue weighted by Crippen LogP contribution is -2.30. The normalized spacial score (nSPS) is 11.9. The Morgan fingerprint density at radius 2 is 1.93 bits per heavy atom. The van der Waals surface area contributed by atoms with E-state index in [1.54, 1.807) is 18.2 Å². The van der Waals surface area contributed by atoms with Crippen molar-refractivity contribution in [3.05, 3.63) is 74.9 Å². The van der Waals surface area contributed by atoms with Crippen LogP contribution in [0.4, 0.5) is 10.1 Å². The summed E-state index contributed by atoms with van der Waals surface area (Å²) in [5.41, 5.74) is 0.885. The molecule has 0 aliphatic carbocycles. The summed E-state index contributed by atoms with van der Waals surface area (Å²) in [6.45, 7) is 3.17. The maximum Gasteiger partial charge on any atom is 0.375 e. The van der Waals surface area contributed by atoms with Gasteiger partial charge in [0, 0.05) is 6.07 Å². The first kappa shape index (κ1) is 19.6. The van der Waals surface area contributed by atoms with Crippen molar-refractivity contribution >= 4 is 40.1 Å². The molecule has 0 unspecified atom stereocenters. The molecule has 1 amide bonds. The first-order valence-corrected chi connectivity index (χ1v) is 8.64. The van der Waals surface area contributed by atoms with Gasteiger partial charge in [-0.05, 0) is 44.2 Å². The van der Waals surface area contributed by atoms with Crippen LogP contribution in [-0.2, 0) is 9.53 Å². The minimum absolute atomic E-state index is 0.00250. The Morgan fingerprint density at radius 3 is 2.64 bits per heavy atom. The van der Waals surface area contributed by atoms with Gasteiger partial charge >= 0.3 is 5.97 Å². The van der Waals surface area contributed by atoms with Crippen LogP contribution in [-0.4, -0.2) is 18.0 Å². The molecular formula is C20H15ClFNO5. The molecule has 0 radical (unpaired) electrons. The average Bonchev–Trinajstić information content (AvgIpc) is 2.64. The largest absolute Gasteiger partial charge is 0.449 e. The molecule has 1 atom stereocenters. The number of fused-ring (bicyclic) bond motifs is 1. The van der Waals surface area contributed by atoms with Gasteiger partial charge in [-0.25, -0.2) is 9.18 Å². The third kappa shape index (κ3) is 4.20. The van der Waals surface area contributed by atoms with E-state index in [-0.39, 0.29) is 22.1 Å². The van der Waals surface area contributed by atoms with Gasteiger partial charge in [0.2, 0.25) is 5.76 Å². The van der Waals surface area contributed by atoms with Crippen LogP contribution in [0.3, 0.4) is 0 Å². The van der Waals surface area contributed by atoms with E-state index in [2.05, 4.69) is 5.32 Å². The minimum atomic E-state index is -1.22. The van der Waals surface area contributed by atoms with E-state index in [0.717, 1.165) is 23.8 Å². The van der Waals surface area contributed by atoms with Crippen LogP contribution in [0, 0.1) is 12.7 Å². The number of ether oxygens (including phenoxy) is 1. The molecule has 0 spiro atoms. The van der Waals surface area contributed by atoms with Gasteiger partial charge in [-0.1, -0.05) is 23.2 Å². The average molecular weight is 404 g/mol.